The van der Waals surface area contributed by atoms with E-state index in [4.69, 9.17) is 0 Å². The zero-order valence-corrected chi connectivity index (χ0v) is 14.2. The van der Waals surface area contributed by atoms with Crippen molar-refractivity contribution in [3.8, 4) is 16.9 Å². The van der Waals surface area contributed by atoms with Crippen LogP contribution in [0.2, 0.25) is 0 Å². The average Bonchev–Trinajstić information content (AvgIpc) is 2.45. The molecular formula is C17H17F3O3S. The molecule has 0 unspecified atom stereocenters. The molecule has 2 aromatic carbocycles. The predicted molar refractivity (Wildman–Crippen MR) is 86.2 cm³/mol. The maximum atomic E-state index is 12.6. The molecule has 0 aliphatic heterocycles. The minimum Gasteiger partial charge on any atom is -0.375 e. The van der Waals surface area contributed by atoms with Gasteiger partial charge in [0.1, 0.15) is 0 Å². The van der Waals surface area contributed by atoms with E-state index in [1.54, 1.807) is 18.2 Å². The minimum atomic E-state index is -5.73. The molecule has 0 aliphatic carbocycles. The van der Waals surface area contributed by atoms with E-state index in [-0.39, 0.29) is 16.7 Å². The van der Waals surface area contributed by atoms with Crippen molar-refractivity contribution in [2.75, 3.05) is 0 Å². The third-order valence-electron chi connectivity index (χ3n) is 3.40. The molecule has 0 radical (unpaired) electrons. The molecule has 0 bridgehead atoms. The van der Waals surface area contributed by atoms with Crippen molar-refractivity contribution >= 4 is 10.1 Å². The van der Waals surface area contributed by atoms with Crippen molar-refractivity contribution in [1.82, 2.24) is 0 Å². The van der Waals surface area contributed by atoms with Crippen LogP contribution in [0.5, 0.6) is 5.75 Å². The van der Waals surface area contributed by atoms with Gasteiger partial charge >= 0.3 is 15.6 Å². The fraction of sp³-hybridized carbons (Fsp3) is 0.294. The summed E-state index contributed by atoms with van der Waals surface area (Å²) < 4.78 is 64.9. The lowest BCUT2D eigenvalue weighted by Gasteiger charge is -2.24. The van der Waals surface area contributed by atoms with E-state index in [9.17, 15) is 21.6 Å². The molecule has 0 saturated heterocycles. The van der Waals surface area contributed by atoms with E-state index in [0.29, 0.717) is 5.56 Å². The van der Waals surface area contributed by atoms with Crippen LogP contribution in [0.15, 0.2) is 48.5 Å². The summed E-state index contributed by atoms with van der Waals surface area (Å²) in [5.74, 6) is -0.355. The van der Waals surface area contributed by atoms with Crippen LogP contribution in [0.3, 0.4) is 0 Å². The van der Waals surface area contributed by atoms with Crippen LogP contribution < -0.4 is 4.18 Å². The standard InChI is InChI=1S/C17H17F3O3S/c1-16(2,3)14-10-6-4-8-12(14)13-9-5-7-11-15(13)23-24(21,22)17(18,19)20/h4-11H,1-3H3. The van der Waals surface area contributed by atoms with Crippen LogP contribution in [-0.4, -0.2) is 13.9 Å². The molecule has 0 heterocycles. The molecule has 0 aromatic heterocycles. The predicted octanol–water partition coefficient (Wildman–Crippen LogP) is 4.88. The van der Waals surface area contributed by atoms with E-state index >= 15 is 0 Å². The Balaban J connectivity index is 2.61. The highest BCUT2D eigenvalue weighted by Crippen LogP contribution is 2.39. The van der Waals surface area contributed by atoms with E-state index < -0.39 is 15.6 Å². The summed E-state index contributed by atoms with van der Waals surface area (Å²) in [6.07, 6.45) is 0. The highest BCUT2D eigenvalue weighted by molar-refractivity contribution is 7.88. The van der Waals surface area contributed by atoms with Crippen molar-refractivity contribution in [3.05, 3.63) is 54.1 Å². The van der Waals surface area contributed by atoms with Crippen LogP contribution in [0.25, 0.3) is 11.1 Å². The molecule has 0 atom stereocenters. The second kappa shape index (κ2) is 6.12. The van der Waals surface area contributed by atoms with Crippen LogP contribution in [0.1, 0.15) is 26.3 Å². The molecule has 3 nitrogen and oxygen atoms in total. The summed E-state index contributed by atoms with van der Waals surface area (Å²) in [5.41, 5.74) is -3.99. The Morgan fingerprint density at radius 2 is 1.33 bits per heavy atom. The van der Waals surface area contributed by atoms with Gasteiger partial charge in [-0.05, 0) is 22.6 Å². The summed E-state index contributed by atoms with van der Waals surface area (Å²) in [7, 11) is -5.73. The van der Waals surface area contributed by atoms with Gasteiger partial charge in [0.2, 0.25) is 0 Å². The number of rotatable bonds is 3. The fourth-order valence-corrected chi connectivity index (χ4v) is 2.78. The number of para-hydroxylation sites is 1. The third kappa shape index (κ3) is 3.72. The minimum absolute atomic E-state index is 0.285. The van der Waals surface area contributed by atoms with Crippen LogP contribution in [0.4, 0.5) is 13.2 Å². The number of hydrogen-bond donors (Lipinski definition) is 0. The normalized spacial score (nSPS) is 12.9. The Labute approximate surface area is 139 Å². The summed E-state index contributed by atoms with van der Waals surface area (Å²) in [4.78, 5) is 0. The quantitative estimate of drug-likeness (QED) is 0.580. The van der Waals surface area contributed by atoms with E-state index in [0.717, 1.165) is 5.56 Å². The van der Waals surface area contributed by atoms with Gasteiger partial charge in [0.15, 0.2) is 5.75 Å². The van der Waals surface area contributed by atoms with Gasteiger partial charge in [0, 0.05) is 5.56 Å². The molecular weight excluding hydrogens is 341 g/mol. The molecule has 0 saturated carbocycles. The molecule has 0 amide bonds. The van der Waals surface area contributed by atoms with Gasteiger partial charge in [-0.1, -0.05) is 63.2 Å². The van der Waals surface area contributed by atoms with E-state index in [2.05, 4.69) is 4.18 Å². The van der Waals surface area contributed by atoms with Gasteiger partial charge in [0.25, 0.3) is 0 Å². The Hall–Kier alpha value is -2.02. The zero-order chi connectivity index (χ0) is 18.2. The third-order valence-corrected chi connectivity index (χ3v) is 4.36. The Morgan fingerprint density at radius 3 is 1.88 bits per heavy atom. The largest absolute Gasteiger partial charge is 0.534 e. The zero-order valence-electron chi connectivity index (χ0n) is 13.4. The van der Waals surface area contributed by atoms with Crippen molar-refractivity contribution in [1.29, 1.82) is 0 Å². The molecule has 130 valence electrons. The fourth-order valence-electron chi connectivity index (χ4n) is 2.30. The van der Waals surface area contributed by atoms with Crippen molar-refractivity contribution in [3.63, 3.8) is 0 Å². The van der Waals surface area contributed by atoms with Gasteiger partial charge in [-0.2, -0.15) is 21.6 Å². The van der Waals surface area contributed by atoms with Gasteiger partial charge in [-0.25, -0.2) is 0 Å². The second-order valence-corrected chi connectivity index (χ2v) is 7.81. The first kappa shape index (κ1) is 18.3. The van der Waals surface area contributed by atoms with Crippen molar-refractivity contribution < 1.29 is 25.8 Å². The van der Waals surface area contributed by atoms with Crippen LogP contribution >= 0.6 is 0 Å². The highest BCUT2D eigenvalue weighted by atomic mass is 32.2. The lowest BCUT2D eigenvalue weighted by Crippen LogP contribution is -2.28. The molecule has 0 N–H and O–H groups in total. The van der Waals surface area contributed by atoms with E-state index in [1.165, 1.54) is 18.2 Å². The molecule has 2 rings (SSSR count). The van der Waals surface area contributed by atoms with Gasteiger partial charge < -0.3 is 4.18 Å². The summed E-state index contributed by atoms with van der Waals surface area (Å²) in [6, 6.07) is 12.9. The molecule has 0 spiro atoms. The maximum Gasteiger partial charge on any atom is 0.534 e. The number of halogens is 3. The smallest absolute Gasteiger partial charge is 0.375 e. The Kier molecular flexibility index (Phi) is 4.68. The second-order valence-electron chi connectivity index (χ2n) is 6.27. The highest BCUT2D eigenvalue weighted by Gasteiger charge is 2.48. The number of benzene rings is 2. The first-order valence-corrected chi connectivity index (χ1v) is 8.54. The summed E-state index contributed by atoms with van der Waals surface area (Å²) in [6.45, 7) is 5.88. The van der Waals surface area contributed by atoms with Crippen LogP contribution in [-0.2, 0) is 15.5 Å². The maximum absolute atomic E-state index is 12.6. The summed E-state index contributed by atoms with van der Waals surface area (Å²) in [5, 5.41) is 0. The number of alkyl halides is 3. The molecule has 0 fully saturated rings. The van der Waals surface area contributed by atoms with Gasteiger partial charge in [-0.3, -0.25) is 0 Å². The van der Waals surface area contributed by atoms with Gasteiger partial charge in [-0.15, -0.1) is 0 Å². The molecule has 0 aliphatic rings. The SMILES string of the molecule is CC(C)(C)c1ccccc1-c1ccccc1OS(=O)(=O)C(F)(F)F. The first-order chi connectivity index (χ1) is 10.9. The summed E-state index contributed by atoms with van der Waals surface area (Å²) >= 11 is 0. The van der Waals surface area contributed by atoms with E-state index in [1.807, 2.05) is 32.9 Å². The lowest BCUT2D eigenvalue weighted by molar-refractivity contribution is -0.0499. The van der Waals surface area contributed by atoms with Crippen LogP contribution in [0, 0.1) is 0 Å². The topological polar surface area (TPSA) is 43.4 Å². The molecule has 7 heteroatoms. The van der Waals surface area contributed by atoms with Gasteiger partial charge in [0.05, 0.1) is 0 Å². The molecule has 2 aromatic rings. The Bertz CT molecular complexity index is 835. The first-order valence-electron chi connectivity index (χ1n) is 7.13. The van der Waals surface area contributed by atoms with Crippen molar-refractivity contribution in [2.24, 2.45) is 0 Å². The average molecular weight is 358 g/mol. The molecule has 24 heavy (non-hydrogen) atoms. The lowest BCUT2D eigenvalue weighted by atomic mass is 9.82. The Morgan fingerprint density at radius 1 is 0.833 bits per heavy atom. The monoisotopic (exact) mass is 358 g/mol. The van der Waals surface area contributed by atoms with Crippen molar-refractivity contribution in [2.45, 2.75) is 31.7 Å². The number of hydrogen-bond acceptors (Lipinski definition) is 3.